The molecule has 0 amide bonds. The van der Waals surface area contributed by atoms with Crippen molar-refractivity contribution in [3.8, 4) is 0 Å². The lowest BCUT2D eigenvalue weighted by Crippen LogP contribution is -2.14. The minimum Gasteiger partial charge on any atom is -0.0913 e. The number of rotatable bonds is 6. The highest BCUT2D eigenvalue weighted by Gasteiger charge is 2.21. The van der Waals surface area contributed by atoms with Gasteiger partial charge in [-0.2, -0.15) is 0 Å². The first-order chi connectivity index (χ1) is 7.49. The van der Waals surface area contributed by atoms with E-state index in [9.17, 15) is 0 Å². The van der Waals surface area contributed by atoms with Gasteiger partial charge in [-0.15, -0.1) is 0 Å². The Balaban J connectivity index is 5.13. The van der Waals surface area contributed by atoms with Gasteiger partial charge in [0.05, 0.1) is 0 Å². The molecule has 0 aromatic heterocycles. The minimum atomic E-state index is 0.307. The van der Waals surface area contributed by atoms with Gasteiger partial charge in [0.2, 0.25) is 0 Å². The second kappa shape index (κ2) is 7.49. The average Bonchev–Trinajstić information content (AvgIpc) is 2.26. The Morgan fingerprint density at radius 2 is 1.75 bits per heavy atom. The third-order valence-corrected chi connectivity index (χ3v) is 3.34. The third-order valence-electron chi connectivity index (χ3n) is 3.34. The highest BCUT2D eigenvalue weighted by Crippen LogP contribution is 2.35. The van der Waals surface area contributed by atoms with E-state index in [0.29, 0.717) is 5.41 Å². The lowest BCUT2D eigenvalue weighted by Gasteiger charge is -2.28. The molecule has 0 nitrogen and oxygen atoms in total. The summed E-state index contributed by atoms with van der Waals surface area (Å²) in [5, 5.41) is 0. The van der Waals surface area contributed by atoms with E-state index in [1.807, 2.05) is 0 Å². The number of allylic oxidation sites excluding steroid dienone is 6. The van der Waals surface area contributed by atoms with E-state index in [4.69, 9.17) is 0 Å². The van der Waals surface area contributed by atoms with Crippen molar-refractivity contribution in [1.29, 1.82) is 0 Å². The molecule has 0 rings (SSSR count). The van der Waals surface area contributed by atoms with Crippen molar-refractivity contribution < 1.29 is 0 Å². The molecule has 0 heteroatoms. The first kappa shape index (κ1) is 15.2. The molecule has 0 N–H and O–H groups in total. The van der Waals surface area contributed by atoms with Gasteiger partial charge in [-0.1, -0.05) is 63.1 Å². The van der Waals surface area contributed by atoms with E-state index in [2.05, 4.69) is 65.8 Å². The molecule has 16 heavy (non-hydrogen) atoms. The van der Waals surface area contributed by atoms with E-state index >= 15 is 0 Å². The van der Waals surface area contributed by atoms with Crippen LogP contribution in [0.3, 0.4) is 0 Å². The molecule has 0 bridgehead atoms. The molecule has 0 atom stereocenters. The summed E-state index contributed by atoms with van der Waals surface area (Å²) >= 11 is 0. The van der Waals surface area contributed by atoms with Crippen molar-refractivity contribution in [3.05, 3.63) is 35.5 Å². The summed E-state index contributed by atoms with van der Waals surface area (Å²) in [6.45, 7) is 13.5. The van der Waals surface area contributed by atoms with Crippen LogP contribution in [-0.2, 0) is 0 Å². The molecule has 0 aliphatic carbocycles. The van der Waals surface area contributed by atoms with Gasteiger partial charge in [0.25, 0.3) is 0 Å². The molecular formula is C16H28. The molecule has 0 fully saturated rings. The Kier molecular flexibility index (Phi) is 7.12. The molecular weight excluding hydrogens is 192 g/mol. The second-order valence-corrected chi connectivity index (χ2v) is 4.98. The van der Waals surface area contributed by atoms with Crippen LogP contribution in [0.1, 0.15) is 60.8 Å². The van der Waals surface area contributed by atoms with Gasteiger partial charge in [0, 0.05) is 0 Å². The predicted molar refractivity (Wildman–Crippen MR) is 75.6 cm³/mol. The Bertz CT molecular complexity index is 274. The molecule has 0 radical (unpaired) electrons. The summed E-state index contributed by atoms with van der Waals surface area (Å²) in [5.74, 6) is 0. The van der Waals surface area contributed by atoms with Crippen molar-refractivity contribution in [2.45, 2.75) is 60.8 Å². The number of hydrogen-bond acceptors (Lipinski definition) is 0. The van der Waals surface area contributed by atoms with Crippen LogP contribution in [0.15, 0.2) is 35.5 Å². The van der Waals surface area contributed by atoms with Crippen LogP contribution >= 0.6 is 0 Å². The maximum absolute atomic E-state index is 2.34. The van der Waals surface area contributed by atoms with E-state index in [-0.39, 0.29) is 0 Å². The van der Waals surface area contributed by atoms with Gasteiger partial charge in [-0.3, -0.25) is 0 Å². The molecule has 0 unspecified atom stereocenters. The van der Waals surface area contributed by atoms with Gasteiger partial charge < -0.3 is 0 Å². The fourth-order valence-corrected chi connectivity index (χ4v) is 1.82. The predicted octanol–water partition coefficient (Wildman–Crippen LogP) is 5.67. The van der Waals surface area contributed by atoms with Crippen molar-refractivity contribution in [3.63, 3.8) is 0 Å². The highest BCUT2D eigenvalue weighted by molar-refractivity contribution is 5.29. The zero-order valence-electron chi connectivity index (χ0n) is 11.9. The first-order valence-electron chi connectivity index (χ1n) is 6.47. The van der Waals surface area contributed by atoms with E-state index in [1.54, 1.807) is 5.57 Å². The minimum absolute atomic E-state index is 0.307. The summed E-state index contributed by atoms with van der Waals surface area (Å²) < 4.78 is 0. The Morgan fingerprint density at radius 1 is 1.12 bits per heavy atom. The van der Waals surface area contributed by atoms with E-state index in [0.717, 1.165) is 12.8 Å². The summed E-state index contributed by atoms with van der Waals surface area (Å²) in [6, 6.07) is 0. The third kappa shape index (κ3) is 4.83. The van der Waals surface area contributed by atoms with Crippen LogP contribution in [0.2, 0.25) is 0 Å². The fraction of sp³-hybridized carbons (Fsp3) is 0.625. The van der Waals surface area contributed by atoms with Gasteiger partial charge in [0.1, 0.15) is 0 Å². The summed E-state index contributed by atoms with van der Waals surface area (Å²) in [5.41, 5.74) is 3.31. The van der Waals surface area contributed by atoms with Gasteiger partial charge in [-0.25, -0.2) is 0 Å². The van der Waals surface area contributed by atoms with Gasteiger partial charge in [-0.05, 0) is 38.5 Å². The number of hydrogen-bond donors (Lipinski definition) is 0. The topological polar surface area (TPSA) is 0 Å². The Labute approximate surface area is 102 Å². The molecule has 0 aromatic rings. The standard InChI is InChI=1S/C16H28/c1-7-10-12-14(4)15(13-11-8-2)16(5,6)9-3/h8,10-12H,7,9,13H2,1-6H3/b11-8-,12-10-,15-14+. The van der Waals surface area contributed by atoms with Crippen LogP contribution in [0.25, 0.3) is 0 Å². The first-order valence-corrected chi connectivity index (χ1v) is 6.47. The maximum Gasteiger partial charge on any atom is -0.0128 e. The maximum atomic E-state index is 2.34. The molecule has 0 spiro atoms. The summed E-state index contributed by atoms with van der Waals surface area (Å²) in [7, 11) is 0. The van der Waals surface area contributed by atoms with Crippen LogP contribution in [0.5, 0.6) is 0 Å². The molecule has 0 aliphatic rings. The van der Waals surface area contributed by atoms with Crippen LogP contribution in [0, 0.1) is 5.41 Å². The molecule has 0 heterocycles. The largest absolute Gasteiger partial charge is 0.0913 e. The molecule has 0 saturated carbocycles. The smallest absolute Gasteiger partial charge is 0.0128 e. The van der Waals surface area contributed by atoms with Crippen LogP contribution in [0.4, 0.5) is 0 Å². The van der Waals surface area contributed by atoms with Gasteiger partial charge >= 0.3 is 0 Å². The molecule has 0 aliphatic heterocycles. The normalized spacial score (nSPS) is 14.9. The zero-order valence-corrected chi connectivity index (χ0v) is 11.9. The van der Waals surface area contributed by atoms with Crippen LogP contribution < -0.4 is 0 Å². The molecule has 0 aromatic carbocycles. The van der Waals surface area contributed by atoms with E-state index in [1.165, 1.54) is 12.0 Å². The lowest BCUT2D eigenvalue weighted by molar-refractivity contribution is 0.418. The second-order valence-electron chi connectivity index (χ2n) is 4.98. The fourth-order valence-electron chi connectivity index (χ4n) is 1.82. The quantitative estimate of drug-likeness (QED) is 0.399. The lowest BCUT2D eigenvalue weighted by atomic mass is 9.77. The molecule has 0 saturated heterocycles. The monoisotopic (exact) mass is 220 g/mol. The Hall–Kier alpha value is -0.780. The van der Waals surface area contributed by atoms with Crippen molar-refractivity contribution in [1.82, 2.24) is 0 Å². The molecule has 92 valence electrons. The summed E-state index contributed by atoms with van der Waals surface area (Å²) in [4.78, 5) is 0. The van der Waals surface area contributed by atoms with Gasteiger partial charge in [0.15, 0.2) is 0 Å². The van der Waals surface area contributed by atoms with Crippen molar-refractivity contribution in [2.75, 3.05) is 0 Å². The SMILES string of the molecule is C/C=C\C/C(=C(C)\C=C/CC)C(C)(C)CC. The van der Waals surface area contributed by atoms with Crippen molar-refractivity contribution in [2.24, 2.45) is 5.41 Å². The van der Waals surface area contributed by atoms with Crippen molar-refractivity contribution >= 4 is 0 Å². The Morgan fingerprint density at radius 3 is 2.19 bits per heavy atom. The van der Waals surface area contributed by atoms with Crippen LogP contribution in [-0.4, -0.2) is 0 Å². The summed E-state index contributed by atoms with van der Waals surface area (Å²) in [6.07, 6.45) is 12.3. The zero-order chi connectivity index (χ0) is 12.6. The highest BCUT2D eigenvalue weighted by atomic mass is 14.3. The average molecular weight is 220 g/mol. The van der Waals surface area contributed by atoms with E-state index < -0.39 is 0 Å².